The molecule has 194 valence electrons. The molecule has 0 amide bonds. The van der Waals surface area contributed by atoms with Gasteiger partial charge in [0.15, 0.2) is 14.1 Å². The predicted octanol–water partition coefficient (Wildman–Crippen LogP) is 5.09. The van der Waals surface area contributed by atoms with E-state index in [1.807, 2.05) is 19.9 Å². The number of carbonyl (C=O) groups excluding carboxylic acids is 2. The van der Waals surface area contributed by atoms with Gasteiger partial charge in [0.2, 0.25) is 0 Å². The summed E-state index contributed by atoms with van der Waals surface area (Å²) in [6, 6.07) is 1.85. The molecule has 6 atom stereocenters. The summed E-state index contributed by atoms with van der Waals surface area (Å²) in [5.74, 6) is -0.915. The van der Waals surface area contributed by atoms with Crippen LogP contribution < -0.4 is 0 Å². The van der Waals surface area contributed by atoms with Gasteiger partial charge in [-0.1, -0.05) is 40.2 Å². The highest BCUT2D eigenvalue weighted by atomic mass is 28.4. The number of allylic oxidation sites excluding steroid dienone is 5. The van der Waals surface area contributed by atoms with E-state index < -0.39 is 37.8 Å². The number of aliphatic hydroxyl groups excluding tert-OH is 1. The Morgan fingerprint density at radius 3 is 2.46 bits per heavy atom. The first kappa shape index (κ1) is 26.4. The first-order valence-corrected chi connectivity index (χ1v) is 15.6. The summed E-state index contributed by atoms with van der Waals surface area (Å²) in [6.07, 6.45) is 2.28. The van der Waals surface area contributed by atoms with Crippen LogP contribution in [0, 0.1) is 23.2 Å². The van der Waals surface area contributed by atoms with E-state index in [1.165, 1.54) is 7.11 Å². The molecule has 0 aromatic rings. The van der Waals surface area contributed by atoms with Crippen molar-refractivity contribution in [2.24, 2.45) is 23.2 Å². The molecule has 35 heavy (non-hydrogen) atoms. The second kappa shape index (κ2) is 9.31. The fraction of sp³-hybridized carbons (Fsp3) is 0.714. The van der Waals surface area contributed by atoms with Crippen molar-refractivity contribution in [2.75, 3.05) is 14.2 Å². The standard InChI is InChI=1S/C28H42O6Si/c1-9-35(10-2,15(3)4)34-26-17(6)28(27(31)33-8)12-11-18-14-19(32-7)13-16(5)20-21(18)23(28)22(24(20)29)25(26)30/h14-15,17,22-23,25-26,30H,9-13H2,1-8H3/t17-,22-,23-,25-,26-,28-/m1/s1. The zero-order valence-electron chi connectivity index (χ0n) is 22.6. The van der Waals surface area contributed by atoms with Crippen molar-refractivity contribution in [1.82, 2.24) is 0 Å². The van der Waals surface area contributed by atoms with E-state index in [0.717, 1.165) is 34.6 Å². The molecular formula is C28H42O6Si. The fourth-order valence-corrected chi connectivity index (χ4v) is 11.4. The molecule has 0 saturated heterocycles. The van der Waals surface area contributed by atoms with Gasteiger partial charge in [-0.25, -0.2) is 0 Å². The Bertz CT molecular complexity index is 1000. The Kier molecular flexibility index (Phi) is 7.01. The third-order valence-corrected chi connectivity index (χ3v) is 15.1. The zero-order valence-corrected chi connectivity index (χ0v) is 23.6. The summed E-state index contributed by atoms with van der Waals surface area (Å²) in [6.45, 7) is 12.7. The van der Waals surface area contributed by atoms with Crippen molar-refractivity contribution in [3.63, 3.8) is 0 Å². The molecule has 2 fully saturated rings. The normalized spacial score (nSPS) is 34.6. The summed E-state index contributed by atoms with van der Waals surface area (Å²) in [5.41, 5.74) is 3.07. The lowest BCUT2D eigenvalue weighted by Crippen LogP contribution is -2.64. The smallest absolute Gasteiger partial charge is 0.312 e. The van der Waals surface area contributed by atoms with Gasteiger partial charge in [0, 0.05) is 23.8 Å². The average molecular weight is 503 g/mol. The zero-order chi connectivity index (χ0) is 25.9. The topological polar surface area (TPSA) is 82.1 Å². The van der Waals surface area contributed by atoms with Crippen LogP contribution >= 0.6 is 0 Å². The fourth-order valence-electron chi connectivity index (χ4n) is 7.75. The van der Waals surface area contributed by atoms with Crippen molar-refractivity contribution in [3.8, 4) is 0 Å². The molecule has 0 aromatic heterocycles. The van der Waals surface area contributed by atoms with Crippen molar-refractivity contribution < 1.29 is 28.6 Å². The van der Waals surface area contributed by atoms with Gasteiger partial charge in [-0.3, -0.25) is 9.59 Å². The monoisotopic (exact) mass is 502 g/mol. The van der Waals surface area contributed by atoms with Gasteiger partial charge in [0.05, 0.1) is 43.5 Å². The maximum absolute atomic E-state index is 14.1. The average Bonchev–Trinajstić information content (AvgIpc) is 3.07. The number of ether oxygens (including phenoxy) is 2. The summed E-state index contributed by atoms with van der Waals surface area (Å²) >= 11 is 0. The SMILES string of the molecule is CC[Si](CC)(O[C@H]1[C@H](O)[C@H]2C(=O)C3=C(C)CC(OC)=CC4=C3[C@H]2[C@@](C(=O)OC)(CC4)[C@@H]1C)C(C)C. The molecule has 0 aliphatic heterocycles. The number of ketones is 1. The first-order valence-electron chi connectivity index (χ1n) is 13.2. The molecule has 2 saturated carbocycles. The number of esters is 1. The van der Waals surface area contributed by atoms with E-state index >= 15 is 0 Å². The number of carbonyl (C=O) groups is 2. The van der Waals surface area contributed by atoms with Crippen LogP contribution in [0.1, 0.15) is 60.8 Å². The molecule has 4 aliphatic carbocycles. The molecular weight excluding hydrogens is 460 g/mol. The van der Waals surface area contributed by atoms with Crippen molar-refractivity contribution in [2.45, 2.75) is 90.6 Å². The van der Waals surface area contributed by atoms with Gasteiger partial charge in [0.1, 0.15) is 0 Å². The van der Waals surface area contributed by atoms with E-state index in [0.29, 0.717) is 30.4 Å². The lowest BCUT2D eigenvalue weighted by Gasteiger charge is -2.56. The second-order valence-corrected chi connectivity index (χ2v) is 16.2. The third-order valence-electron chi connectivity index (χ3n) is 9.86. The summed E-state index contributed by atoms with van der Waals surface area (Å²) in [4.78, 5) is 27.8. The molecule has 0 unspecified atom stereocenters. The molecule has 1 N–H and O–H groups in total. The Hall–Kier alpha value is -1.70. The lowest BCUT2D eigenvalue weighted by molar-refractivity contribution is -0.187. The number of hydrogen-bond donors (Lipinski definition) is 1. The summed E-state index contributed by atoms with van der Waals surface area (Å²) < 4.78 is 18.1. The number of rotatable bonds is 7. The molecule has 0 bridgehead atoms. The van der Waals surface area contributed by atoms with Crippen LogP contribution in [0.15, 0.2) is 34.1 Å². The van der Waals surface area contributed by atoms with Crippen LogP contribution in [0.4, 0.5) is 0 Å². The second-order valence-electron chi connectivity index (χ2n) is 11.3. The maximum atomic E-state index is 14.1. The minimum Gasteiger partial charge on any atom is -0.501 e. The molecule has 0 spiro atoms. The van der Waals surface area contributed by atoms with Gasteiger partial charge in [0.25, 0.3) is 0 Å². The molecule has 4 aliphatic rings. The Labute approximate surface area is 210 Å². The van der Waals surface area contributed by atoms with Crippen LogP contribution in [-0.2, 0) is 23.5 Å². The highest BCUT2D eigenvalue weighted by molar-refractivity contribution is 6.75. The van der Waals surface area contributed by atoms with Crippen molar-refractivity contribution in [3.05, 3.63) is 34.1 Å². The summed E-state index contributed by atoms with van der Waals surface area (Å²) in [5, 5.41) is 11.9. The Morgan fingerprint density at radius 2 is 1.91 bits per heavy atom. The van der Waals surface area contributed by atoms with Gasteiger partial charge in [-0.05, 0) is 54.6 Å². The molecule has 0 aromatic carbocycles. The predicted molar refractivity (Wildman–Crippen MR) is 137 cm³/mol. The number of methoxy groups -OCH3 is 2. The highest BCUT2D eigenvalue weighted by Gasteiger charge is 2.69. The number of aliphatic hydroxyl groups is 1. The van der Waals surface area contributed by atoms with E-state index in [9.17, 15) is 14.7 Å². The minimum atomic E-state index is -2.21. The third kappa shape index (κ3) is 3.56. The molecule has 7 heteroatoms. The van der Waals surface area contributed by atoms with Crippen molar-refractivity contribution in [1.29, 1.82) is 0 Å². The Morgan fingerprint density at radius 1 is 1.26 bits per heavy atom. The maximum Gasteiger partial charge on any atom is 0.312 e. The first-order chi connectivity index (χ1) is 16.5. The lowest BCUT2D eigenvalue weighted by atomic mass is 9.51. The quantitative estimate of drug-likeness (QED) is 0.386. The van der Waals surface area contributed by atoms with Crippen LogP contribution in [0.25, 0.3) is 0 Å². The Balaban J connectivity index is 1.94. The van der Waals surface area contributed by atoms with Crippen LogP contribution in [-0.4, -0.2) is 51.6 Å². The van der Waals surface area contributed by atoms with Crippen LogP contribution in [0.5, 0.6) is 0 Å². The molecule has 0 radical (unpaired) electrons. The molecule has 4 rings (SSSR count). The van der Waals surface area contributed by atoms with Gasteiger partial charge < -0.3 is 19.0 Å². The number of Topliss-reactive ketones (excluding diaryl/α,β-unsaturated/α-hetero) is 1. The van der Waals surface area contributed by atoms with Crippen LogP contribution in [0.3, 0.4) is 0 Å². The molecule has 0 heterocycles. The van der Waals surface area contributed by atoms with Gasteiger partial charge in [-0.2, -0.15) is 0 Å². The largest absolute Gasteiger partial charge is 0.501 e. The summed E-state index contributed by atoms with van der Waals surface area (Å²) in [7, 11) is 0.877. The van der Waals surface area contributed by atoms with E-state index in [1.54, 1.807) is 7.11 Å². The number of hydrogen-bond acceptors (Lipinski definition) is 6. The van der Waals surface area contributed by atoms with E-state index in [2.05, 4.69) is 27.7 Å². The van der Waals surface area contributed by atoms with Gasteiger partial charge in [-0.15, -0.1) is 0 Å². The highest BCUT2D eigenvalue weighted by Crippen LogP contribution is 2.65. The van der Waals surface area contributed by atoms with Crippen LogP contribution in [0.2, 0.25) is 17.6 Å². The molecule has 6 nitrogen and oxygen atoms in total. The van der Waals surface area contributed by atoms with E-state index in [-0.39, 0.29) is 17.7 Å². The van der Waals surface area contributed by atoms with E-state index in [4.69, 9.17) is 13.9 Å². The minimum absolute atomic E-state index is 0.0567. The van der Waals surface area contributed by atoms with Crippen molar-refractivity contribution >= 4 is 20.1 Å². The van der Waals surface area contributed by atoms with Gasteiger partial charge >= 0.3 is 5.97 Å².